The number of hydrogen-bond donors (Lipinski definition) is 2. The molecule has 3 N–H and O–H groups in total. The number of aryl methyl sites for hydroxylation is 2. The van der Waals surface area contributed by atoms with Crippen molar-refractivity contribution in [3.8, 4) is 11.5 Å². The van der Waals surface area contributed by atoms with Crippen molar-refractivity contribution in [2.75, 3.05) is 18.5 Å². The van der Waals surface area contributed by atoms with Crippen LogP contribution in [0.2, 0.25) is 0 Å². The summed E-state index contributed by atoms with van der Waals surface area (Å²) >= 11 is 5.10. The molecule has 0 saturated carbocycles. The fraction of sp³-hybridized carbons (Fsp3) is 0.286. The predicted molar refractivity (Wildman–Crippen MR) is 84.5 cm³/mol. The molecule has 0 unspecified atom stereocenters. The van der Waals surface area contributed by atoms with E-state index in [-0.39, 0.29) is 0 Å². The van der Waals surface area contributed by atoms with Gasteiger partial charge in [0.1, 0.15) is 24.0 Å². The molecule has 21 heavy (non-hydrogen) atoms. The summed E-state index contributed by atoms with van der Waals surface area (Å²) in [5.74, 6) is 2.24. The van der Waals surface area contributed by atoms with Crippen molar-refractivity contribution in [2.24, 2.45) is 12.8 Å². The van der Waals surface area contributed by atoms with Gasteiger partial charge in [0.2, 0.25) is 0 Å². The summed E-state index contributed by atoms with van der Waals surface area (Å²) in [5, 5.41) is 7.64. The maximum absolute atomic E-state index is 5.79. The molecule has 0 bridgehead atoms. The summed E-state index contributed by atoms with van der Waals surface area (Å²) in [5.41, 5.74) is 8.20. The number of nitrogens with one attached hydrogen (secondary N) is 1. The molecule has 1 aromatic heterocycles. The van der Waals surface area contributed by atoms with Crippen LogP contribution < -0.4 is 20.5 Å². The van der Waals surface area contributed by atoms with Gasteiger partial charge in [-0.15, -0.1) is 0 Å². The first-order valence-electron chi connectivity index (χ1n) is 6.56. The molecule has 3 rings (SSSR count). The number of fused-ring (bicyclic) bond motifs is 1. The molecule has 1 aromatic carbocycles. The lowest BCUT2D eigenvalue weighted by Crippen LogP contribution is -2.15. The van der Waals surface area contributed by atoms with Crippen LogP contribution in [0, 0.1) is 6.92 Å². The molecule has 0 radical (unpaired) electrons. The van der Waals surface area contributed by atoms with Gasteiger partial charge in [-0.1, -0.05) is 12.2 Å². The zero-order chi connectivity index (χ0) is 15.0. The number of nitrogens with zero attached hydrogens (tertiary/aromatic N) is 2. The minimum Gasteiger partial charge on any atom is -0.486 e. The van der Waals surface area contributed by atoms with E-state index in [1.165, 1.54) is 0 Å². The number of ether oxygens (including phenoxy) is 2. The third-order valence-corrected chi connectivity index (χ3v) is 3.48. The van der Waals surface area contributed by atoms with Crippen LogP contribution in [0.25, 0.3) is 0 Å². The van der Waals surface area contributed by atoms with E-state index in [1.807, 2.05) is 32.2 Å². The highest BCUT2D eigenvalue weighted by Gasteiger charge is 2.17. The van der Waals surface area contributed by atoms with Crippen LogP contribution in [-0.2, 0) is 7.05 Å². The summed E-state index contributed by atoms with van der Waals surface area (Å²) in [6, 6.07) is 5.68. The van der Waals surface area contributed by atoms with Crippen molar-refractivity contribution >= 4 is 28.7 Å². The monoisotopic (exact) mass is 304 g/mol. The van der Waals surface area contributed by atoms with Crippen molar-refractivity contribution in [1.82, 2.24) is 9.78 Å². The summed E-state index contributed by atoms with van der Waals surface area (Å²) in [6.45, 7) is 3.01. The third kappa shape index (κ3) is 2.52. The summed E-state index contributed by atoms with van der Waals surface area (Å²) in [4.78, 5) is 0.320. The van der Waals surface area contributed by atoms with Crippen LogP contribution >= 0.6 is 12.2 Å². The van der Waals surface area contributed by atoms with Crippen molar-refractivity contribution in [2.45, 2.75) is 6.92 Å². The quantitative estimate of drug-likeness (QED) is 0.843. The van der Waals surface area contributed by atoms with Gasteiger partial charge in [0.15, 0.2) is 11.5 Å². The first kappa shape index (κ1) is 13.7. The first-order chi connectivity index (χ1) is 10.1. The summed E-state index contributed by atoms with van der Waals surface area (Å²) in [6.07, 6.45) is 0. The largest absolute Gasteiger partial charge is 0.486 e. The lowest BCUT2D eigenvalue weighted by molar-refractivity contribution is 0.171. The average molecular weight is 304 g/mol. The number of hydrogen-bond acceptors (Lipinski definition) is 5. The van der Waals surface area contributed by atoms with Gasteiger partial charge >= 0.3 is 0 Å². The second-order valence-electron chi connectivity index (χ2n) is 4.78. The van der Waals surface area contributed by atoms with Gasteiger partial charge in [-0.2, -0.15) is 5.10 Å². The van der Waals surface area contributed by atoms with Gasteiger partial charge in [0.05, 0.1) is 11.3 Å². The lowest BCUT2D eigenvalue weighted by atomic mass is 10.2. The third-order valence-electron chi connectivity index (χ3n) is 3.27. The molecule has 2 aromatic rings. The lowest BCUT2D eigenvalue weighted by Gasteiger charge is -2.19. The van der Waals surface area contributed by atoms with E-state index >= 15 is 0 Å². The van der Waals surface area contributed by atoms with Crippen molar-refractivity contribution < 1.29 is 9.47 Å². The Kier molecular flexibility index (Phi) is 3.42. The zero-order valence-electron chi connectivity index (χ0n) is 11.8. The SMILES string of the molecule is Cc1nn(C)c(Nc2ccc3c(c2)OCCO3)c1C(N)=S. The molecule has 0 atom stereocenters. The molecule has 1 aliphatic heterocycles. The maximum atomic E-state index is 5.79. The summed E-state index contributed by atoms with van der Waals surface area (Å²) in [7, 11) is 1.84. The van der Waals surface area contributed by atoms with Crippen LogP contribution in [0.15, 0.2) is 18.2 Å². The molecule has 1 aliphatic rings. The Labute approximate surface area is 127 Å². The Morgan fingerprint density at radius 2 is 2.05 bits per heavy atom. The smallest absolute Gasteiger partial charge is 0.163 e. The van der Waals surface area contributed by atoms with E-state index in [1.54, 1.807) is 4.68 Å². The molecule has 110 valence electrons. The molecule has 7 heteroatoms. The highest BCUT2D eigenvalue weighted by atomic mass is 32.1. The Bertz CT molecular complexity index is 711. The maximum Gasteiger partial charge on any atom is 0.163 e. The highest BCUT2D eigenvalue weighted by Crippen LogP contribution is 2.34. The molecule has 2 heterocycles. The van der Waals surface area contributed by atoms with Gasteiger partial charge < -0.3 is 20.5 Å². The Hall–Kier alpha value is -2.28. The molecule has 0 spiro atoms. The number of thiocarbonyl (C=S) groups is 1. The Morgan fingerprint density at radius 3 is 2.76 bits per heavy atom. The Balaban J connectivity index is 1.95. The zero-order valence-corrected chi connectivity index (χ0v) is 12.7. The van der Waals surface area contributed by atoms with Gasteiger partial charge in [0.25, 0.3) is 0 Å². The molecule has 6 nitrogen and oxygen atoms in total. The van der Waals surface area contributed by atoms with Crippen molar-refractivity contribution in [3.63, 3.8) is 0 Å². The summed E-state index contributed by atoms with van der Waals surface area (Å²) < 4.78 is 12.8. The Morgan fingerprint density at radius 1 is 1.33 bits per heavy atom. The normalized spacial score (nSPS) is 13.0. The van der Waals surface area contributed by atoms with Crippen LogP contribution in [0.5, 0.6) is 11.5 Å². The standard InChI is InChI=1S/C14H16N4O2S/c1-8-12(13(15)21)14(18(2)17-8)16-9-3-4-10-11(7-9)20-6-5-19-10/h3-4,7,16H,5-6H2,1-2H3,(H2,15,21). The van der Waals surface area contributed by atoms with Gasteiger partial charge in [0, 0.05) is 18.8 Å². The predicted octanol–water partition coefficient (Wildman–Crippen LogP) is 1.88. The molecule has 0 saturated heterocycles. The molecular formula is C14H16N4O2S. The molecular weight excluding hydrogens is 288 g/mol. The van der Waals surface area contributed by atoms with E-state index in [2.05, 4.69) is 10.4 Å². The van der Waals surface area contributed by atoms with E-state index in [0.717, 1.165) is 34.3 Å². The van der Waals surface area contributed by atoms with E-state index in [9.17, 15) is 0 Å². The van der Waals surface area contributed by atoms with E-state index < -0.39 is 0 Å². The minimum atomic E-state index is 0.320. The van der Waals surface area contributed by atoms with Crippen LogP contribution in [0.3, 0.4) is 0 Å². The number of aromatic nitrogens is 2. The van der Waals surface area contributed by atoms with E-state index in [0.29, 0.717) is 18.2 Å². The number of benzene rings is 1. The van der Waals surface area contributed by atoms with Crippen LogP contribution in [-0.4, -0.2) is 28.0 Å². The van der Waals surface area contributed by atoms with Gasteiger partial charge in [-0.05, 0) is 19.1 Å². The second kappa shape index (κ2) is 5.25. The van der Waals surface area contributed by atoms with Crippen molar-refractivity contribution in [1.29, 1.82) is 0 Å². The highest BCUT2D eigenvalue weighted by molar-refractivity contribution is 7.80. The van der Waals surface area contributed by atoms with Gasteiger partial charge in [-0.3, -0.25) is 4.68 Å². The topological polar surface area (TPSA) is 74.3 Å². The second-order valence-corrected chi connectivity index (χ2v) is 5.22. The molecule has 0 fully saturated rings. The average Bonchev–Trinajstić information content (AvgIpc) is 2.73. The fourth-order valence-electron chi connectivity index (χ4n) is 2.35. The molecule has 0 amide bonds. The number of anilines is 2. The van der Waals surface area contributed by atoms with Crippen molar-refractivity contribution in [3.05, 3.63) is 29.5 Å². The van der Waals surface area contributed by atoms with Gasteiger partial charge in [-0.25, -0.2) is 0 Å². The molecule has 0 aliphatic carbocycles. The first-order valence-corrected chi connectivity index (χ1v) is 6.97. The van der Waals surface area contributed by atoms with E-state index in [4.69, 9.17) is 27.4 Å². The van der Waals surface area contributed by atoms with Crippen LogP contribution in [0.4, 0.5) is 11.5 Å². The minimum absolute atomic E-state index is 0.320. The van der Waals surface area contributed by atoms with Crippen LogP contribution in [0.1, 0.15) is 11.3 Å². The number of rotatable bonds is 3. The fourth-order valence-corrected chi connectivity index (χ4v) is 2.60. The number of nitrogens with two attached hydrogens (primary N) is 1.